The van der Waals surface area contributed by atoms with Crippen LogP contribution in [0.5, 0.6) is 0 Å². The van der Waals surface area contributed by atoms with Gasteiger partial charge in [0.25, 0.3) is 5.91 Å². The largest absolute Gasteiger partial charge is 0.490 e. The molecular formula is C16H20N6O3. The molecule has 0 aliphatic heterocycles. The van der Waals surface area contributed by atoms with Gasteiger partial charge in [-0.3, -0.25) is 4.79 Å². The van der Waals surface area contributed by atoms with E-state index in [0.717, 1.165) is 5.56 Å². The Kier molecular flexibility index (Phi) is 5.26. The van der Waals surface area contributed by atoms with Crippen LogP contribution in [0.4, 0.5) is 5.95 Å². The zero-order valence-corrected chi connectivity index (χ0v) is 14.6. The van der Waals surface area contributed by atoms with Gasteiger partial charge in [0.05, 0.1) is 12.3 Å². The Morgan fingerprint density at radius 1 is 1.32 bits per heavy atom. The normalized spacial score (nSPS) is 12.1. The molecule has 132 valence electrons. The van der Waals surface area contributed by atoms with Crippen LogP contribution in [-0.2, 0) is 12.0 Å². The molecule has 0 spiro atoms. The highest BCUT2D eigenvalue weighted by atomic mass is 16.6. The van der Waals surface area contributed by atoms with Crippen molar-refractivity contribution in [1.82, 2.24) is 20.2 Å². The van der Waals surface area contributed by atoms with Crippen LogP contribution in [0.25, 0.3) is 0 Å². The molecule has 0 fully saturated rings. The summed E-state index contributed by atoms with van der Waals surface area (Å²) in [6.45, 7) is 8.17. The van der Waals surface area contributed by atoms with Gasteiger partial charge >= 0.3 is 5.95 Å². The summed E-state index contributed by atoms with van der Waals surface area (Å²) in [6.07, 6.45) is 1.24. The van der Waals surface area contributed by atoms with E-state index in [1.165, 1.54) is 11.0 Å². The lowest BCUT2D eigenvalue weighted by molar-refractivity contribution is -0.394. The third-order valence-corrected chi connectivity index (χ3v) is 3.44. The van der Waals surface area contributed by atoms with Crippen molar-refractivity contribution in [3.63, 3.8) is 0 Å². The number of hydrazone groups is 1. The van der Waals surface area contributed by atoms with Gasteiger partial charge in [0.15, 0.2) is 0 Å². The molecule has 1 aromatic heterocycles. The Balaban J connectivity index is 1.97. The quantitative estimate of drug-likeness (QED) is 0.507. The lowest BCUT2D eigenvalue weighted by Crippen LogP contribution is -2.21. The van der Waals surface area contributed by atoms with Gasteiger partial charge in [-0.05, 0) is 35.0 Å². The van der Waals surface area contributed by atoms with E-state index in [1.54, 1.807) is 19.1 Å². The van der Waals surface area contributed by atoms with Crippen LogP contribution in [0.1, 0.15) is 43.6 Å². The van der Waals surface area contributed by atoms with Crippen molar-refractivity contribution in [2.75, 3.05) is 0 Å². The first-order valence-corrected chi connectivity index (χ1v) is 7.64. The number of nitrogens with zero attached hydrogens (tertiary/aromatic N) is 5. The first-order valence-electron chi connectivity index (χ1n) is 7.64. The van der Waals surface area contributed by atoms with Crippen molar-refractivity contribution >= 4 is 17.6 Å². The SMILES string of the molecule is CC(Cn1cnc([N+](=O)[O-])n1)=NNC(=O)c1ccc(C(C)(C)C)cc1. The number of carbonyl (C=O) groups excluding carboxylic acids is 1. The average Bonchev–Trinajstić information content (AvgIpc) is 3.00. The highest BCUT2D eigenvalue weighted by molar-refractivity contribution is 5.95. The van der Waals surface area contributed by atoms with Crippen molar-refractivity contribution in [3.05, 3.63) is 51.8 Å². The summed E-state index contributed by atoms with van der Waals surface area (Å²) < 4.78 is 1.28. The van der Waals surface area contributed by atoms with E-state index >= 15 is 0 Å². The lowest BCUT2D eigenvalue weighted by atomic mass is 9.87. The van der Waals surface area contributed by atoms with Gasteiger partial charge in [0, 0.05) is 10.7 Å². The summed E-state index contributed by atoms with van der Waals surface area (Å²) >= 11 is 0. The number of nitro groups is 1. The minimum atomic E-state index is -0.675. The standard InChI is InChI=1S/C16H20N6O3/c1-11(9-21-10-17-15(20-21)22(24)25)18-19-14(23)12-5-7-13(8-6-12)16(2,3)4/h5-8,10H,9H2,1-4H3,(H,19,23). The fourth-order valence-electron chi connectivity index (χ4n) is 2.05. The first-order chi connectivity index (χ1) is 11.7. The van der Waals surface area contributed by atoms with Crippen molar-refractivity contribution in [1.29, 1.82) is 0 Å². The summed E-state index contributed by atoms with van der Waals surface area (Å²) in [5, 5.41) is 18.2. The second-order valence-electron chi connectivity index (χ2n) is 6.61. The Bertz CT molecular complexity index is 802. The van der Waals surface area contributed by atoms with Crippen LogP contribution in [0.3, 0.4) is 0 Å². The Hall–Kier alpha value is -3.10. The van der Waals surface area contributed by atoms with E-state index in [2.05, 4.69) is 41.4 Å². The molecular weight excluding hydrogens is 324 g/mol. The molecule has 1 heterocycles. The van der Waals surface area contributed by atoms with E-state index in [0.29, 0.717) is 11.3 Å². The highest BCUT2D eigenvalue weighted by Crippen LogP contribution is 2.22. The zero-order chi connectivity index (χ0) is 18.6. The molecule has 0 saturated carbocycles. The molecule has 2 rings (SSSR count). The number of aromatic nitrogens is 3. The smallest absolute Gasteiger partial charge is 0.390 e. The molecule has 0 saturated heterocycles. The van der Waals surface area contributed by atoms with Crippen molar-refractivity contribution < 1.29 is 9.72 Å². The number of hydrogen-bond acceptors (Lipinski definition) is 6. The van der Waals surface area contributed by atoms with E-state index in [1.807, 2.05) is 12.1 Å². The van der Waals surface area contributed by atoms with Crippen LogP contribution in [0.2, 0.25) is 0 Å². The molecule has 0 aliphatic carbocycles. The predicted octanol–water partition coefficient (Wildman–Crippen LogP) is 2.29. The molecule has 0 bridgehead atoms. The topological polar surface area (TPSA) is 115 Å². The highest BCUT2D eigenvalue weighted by Gasteiger charge is 2.15. The second kappa shape index (κ2) is 7.20. The molecule has 1 N–H and O–H groups in total. The maximum absolute atomic E-state index is 12.1. The fourth-order valence-corrected chi connectivity index (χ4v) is 2.05. The summed E-state index contributed by atoms with van der Waals surface area (Å²) in [6, 6.07) is 7.34. The number of benzene rings is 1. The van der Waals surface area contributed by atoms with Gasteiger partial charge in [0.2, 0.25) is 6.33 Å². The lowest BCUT2D eigenvalue weighted by Gasteiger charge is -2.18. The summed E-state index contributed by atoms with van der Waals surface area (Å²) in [5.41, 5.74) is 4.64. The van der Waals surface area contributed by atoms with Crippen molar-refractivity contribution in [2.24, 2.45) is 5.10 Å². The van der Waals surface area contributed by atoms with E-state index < -0.39 is 10.9 Å². The number of rotatable bonds is 5. The van der Waals surface area contributed by atoms with Gasteiger partial charge < -0.3 is 10.1 Å². The van der Waals surface area contributed by atoms with Gasteiger partial charge in [0.1, 0.15) is 0 Å². The molecule has 9 heteroatoms. The van der Waals surface area contributed by atoms with Crippen LogP contribution in [0.15, 0.2) is 35.7 Å². The Labute approximate surface area is 144 Å². The second-order valence-corrected chi connectivity index (χ2v) is 6.61. The number of hydrogen-bond donors (Lipinski definition) is 1. The van der Waals surface area contributed by atoms with E-state index in [9.17, 15) is 14.9 Å². The predicted molar refractivity (Wildman–Crippen MR) is 92.4 cm³/mol. The Morgan fingerprint density at radius 2 is 1.96 bits per heavy atom. The maximum atomic E-state index is 12.1. The minimum absolute atomic E-state index is 0.0180. The average molecular weight is 344 g/mol. The van der Waals surface area contributed by atoms with Gasteiger partial charge in [-0.15, -0.1) is 0 Å². The van der Waals surface area contributed by atoms with Crippen molar-refractivity contribution in [3.8, 4) is 0 Å². The third-order valence-electron chi connectivity index (χ3n) is 3.44. The Morgan fingerprint density at radius 3 is 2.48 bits per heavy atom. The summed E-state index contributed by atoms with van der Waals surface area (Å²) in [4.78, 5) is 25.5. The molecule has 1 aromatic carbocycles. The van der Waals surface area contributed by atoms with Crippen LogP contribution in [-0.4, -0.2) is 31.3 Å². The van der Waals surface area contributed by atoms with Crippen LogP contribution in [0, 0.1) is 10.1 Å². The van der Waals surface area contributed by atoms with E-state index in [-0.39, 0.29) is 17.9 Å². The number of carbonyl (C=O) groups is 1. The molecule has 0 atom stereocenters. The minimum Gasteiger partial charge on any atom is -0.390 e. The molecule has 1 amide bonds. The monoisotopic (exact) mass is 344 g/mol. The zero-order valence-electron chi connectivity index (χ0n) is 14.6. The molecule has 2 aromatic rings. The van der Waals surface area contributed by atoms with Gasteiger partial charge in [-0.25, -0.2) is 5.43 Å². The molecule has 25 heavy (non-hydrogen) atoms. The third kappa shape index (κ3) is 4.93. The number of amides is 1. The first kappa shape index (κ1) is 18.2. The molecule has 0 unspecified atom stereocenters. The molecule has 9 nitrogen and oxygen atoms in total. The molecule has 0 aliphatic rings. The fraction of sp³-hybridized carbons (Fsp3) is 0.375. The van der Waals surface area contributed by atoms with Gasteiger partial charge in [-0.1, -0.05) is 37.9 Å². The van der Waals surface area contributed by atoms with Crippen molar-refractivity contribution in [2.45, 2.75) is 39.7 Å². The van der Waals surface area contributed by atoms with Crippen LogP contribution < -0.4 is 5.43 Å². The van der Waals surface area contributed by atoms with Crippen LogP contribution >= 0.6 is 0 Å². The number of nitrogens with one attached hydrogen (secondary N) is 1. The van der Waals surface area contributed by atoms with Gasteiger partial charge in [-0.2, -0.15) is 9.78 Å². The summed E-state index contributed by atoms with van der Waals surface area (Å²) in [7, 11) is 0. The molecule has 0 radical (unpaired) electrons. The van der Waals surface area contributed by atoms with E-state index in [4.69, 9.17) is 0 Å². The maximum Gasteiger partial charge on any atom is 0.490 e. The summed E-state index contributed by atoms with van der Waals surface area (Å²) in [5.74, 6) is -0.805.